The molecule has 2 atom stereocenters. The van der Waals surface area contributed by atoms with Crippen molar-refractivity contribution in [2.75, 3.05) is 6.61 Å². The van der Waals surface area contributed by atoms with Crippen LogP contribution in [0.4, 0.5) is 0 Å². The molecule has 22 heavy (non-hydrogen) atoms. The molecule has 0 aliphatic heterocycles. The van der Waals surface area contributed by atoms with Gasteiger partial charge in [-0.2, -0.15) is 5.10 Å². The number of nitrogens with one attached hydrogen (secondary N) is 2. The highest BCUT2D eigenvalue weighted by Gasteiger charge is 2.23. The molecule has 0 radical (unpaired) electrons. The molecule has 2 aromatic rings. The second-order valence-electron chi connectivity index (χ2n) is 4.90. The number of hydrogen-bond donors (Lipinski definition) is 2. The van der Waals surface area contributed by atoms with Crippen LogP contribution in [0.1, 0.15) is 30.2 Å². The van der Waals surface area contributed by atoms with Crippen LogP contribution < -0.4 is 5.32 Å². The Morgan fingerprint density at radius 2 is 2.18 bits per heavy atom. The van der Waals surface area contributed by atoms with Gasteiger partial charge in [0, 0.05) is 0 Å². The highest BCUT2D eigenvalue weighted by molar-refractivity contribution is 5.81. The van der Waals surface area contributed by atoms with Gasteiger partial charge < -0.3 is 10.1 Å². The average molecular weight is 300 g/mol. The van der Waals surface area contributed by atoms with E-state index in [-0.39, 0.29) is 5.91 Å². The number of carbonyl (C=O) groups excluding carboxylic acids is 1. The number of aromatic amines is 1. The van der Waals surface area contributed by atoms with Crippen molar-refractivity contribution in [3.05, 3.63) is 60.2 Å². The lowest BCUT2D eigenvalue weighted by Gasteiger charge is -2.19. The van der Waals surface area contributed by atoms with Crippen LogP contribution in [0.3, 0.4) is 0 Å². The van der Waals surface area contributed by atoms with Crippen LogP contribution in [-0.2, 0) is 9.53 Å². The van der Waals surface area contributed by atoms with Crippen LogP contribution in [-0.4, -0.2) is 33.8 Å². The van der Waals surface area contributed by atoms with E-state index in [1.807, 2.05) is 37.3 Å². The molecule has 0 saturated carbocycles. The van der Waals surface area contributed by atoms with E-state index in [0.717, 1.165) is 5.56 Å². The summed E-state index contributed by atoms with van der Waals surface area (Å²) in [5.74, 6) is 0.993. The number of carbonyl (C=O) groups is 1. The fourth-order valence-corrected chi connectivity index (χ4v) is 1.98. The third kappa shape index (κ3) is 4.02. The predicted molar refractivity (Wildman–Crippen MR) is 83.2 cm³/mol. The largest absolute Gasteiger partial charge is 0.365 e. The second kappa shape index (κ2) is 7.51. The molecule has 6 heteroatoms. The topological polar surface area (TPSA) is 79.9 Å². The number of benzene rings is 1. The minimum Gasteiger partial charge on any atom is -0.365 e. The van der Waals surface area contributed by atoms with Crippen LogP contribution in [0, 0.1) is 6.92 Å². The van der Waals surface area contributed by atoms with Crippen molar-refractivity contribution in [3.8, 4) is 0 Å². The van der Waals surface area contributed by atoms with Crippen LogP contribution >= 0.6 is 0 Å². The normalized spacial score (nSPS) is 13.4. The summed E-state index contributed by atoms with van der Waals surface area (Å²) in [6.45, 7) is 7.41. The Labute approximate surface area is 129 Å². The van der Waals surface area contributed by atoms with Crippen LogP contribution in [0.15, 0.2) is 43.0 Å². The van der Waals surface area contributed by atoms with Gasteiger partial charge in [-0.05, 0) is 19.4 Å². The van der Waals surface area contributed by atoms with Gasteiger partial charge in [-0.3, -0.25) is 9.89 Å². The van der Waals surface area contributed by atoms with Crippen LogP contribution in [0.25, 0.3) is 0 Å². The molecule has 0 bridgehead atoms. The maximum absolute atomic E-state index is 12.3. The maximum Gasteiger partial charge on any atom is 0.249 e. The zero-order valence-corrected chi connectivity index (χ0v) is 12.7. The summed E-state index contributed by atoms with van der Waals surface area (Å²) in [6.07, 6.45) is 1.03. The Balaban J connectivity index is 2.19. The number of H-pyrrole nitrogens is 1. The molecule has 2 rings (SSSR count). The van der Waals surface area contributed by atoms with E-state index in [2.05, 4.69) is 27.1 Å². The van der Waals surface area contributed by atoms with E-state index in [1.165, 1.54) is 0 Å². The quantitative estimate of drug-likeness (QED) is 0.766. The first-order chi connectivity index (χ1) is 10.6. The molecule has 0 saturated heterocycles. The molecule has 116 valence electrons. The monoisotopic (exact) mass is 300 g/mol. The van der Waals surface area contributed by atoms with E-state index in [9.17, 15) is 4.79 Å². The molecule has 0 aliphatic carbocycles. The van der Waals surface area contributed by atoms with Crippen molar-refractivity contribution in [1.29, 1.82) is 0 Å². The first kappa shape index (κ1) is 15.9. The van der Waals surface area contributed by atoms with Gasteiger partial charge >= 0.3 is 0 Å². The zero-order valence-electron chi connectivity index (χ0n) is 12.7. The molecule has 2 N–H and O–H groups in total. The summed E-state index contributed by atoms with van der Waals surface area (Å²) >= 11 is 0. The molecule has 0 unspecified atom stereocenters. The molecule has 0 fully saturated rings. The average Bonchev–Trinajstić information content (AvgIpc) is 2.97. The van der Waals surface area contributed by atoms with E-state index in [4.69, 9.17) is 4.74 Å². The molecule has 1 aromatic heterocycles. The summed E-state index contributed by atoms with van der Waals surface area (Å²) in [6, 6.07) is 9.16. The first-order valence-corrected chi connectivity index (χ1v) is 7.08. The fourth-order valence-electron chi connectivity index (χ4n) is 1.98. The third-order valence-electron chi connectivity index (χ3n) is 3.13. The van der Waals surface area contributed by atoms with Crippen molar-refractivity contribution < 1.29 is 9.53 Å². The number of amides is 1. The molecule has 1 heterocycles. The summed E-state index contributed by atoms with van der Waals surface area (Å²) in [4.78, 5) is 16.6. The number of nitrogens with zero attached hydrogens (tertiary/aromatic N) is 2. The Bertz CT molecular complexity index is 624. The maximum atomic E-state index is 12.3. The lowest BCUT2D eigenvalue weighted by Crippen LogP contribution is -2.38. The smallest absolute Gasteiger partial charge is 0.249 e. The SMILES string of the molecule is C=CCO[C@H](C)C(=O)N[C@H](c1ccccc1)c1n[nH]c(C)n1. The van der Waals surface area contributed by atoms with E-state index >= 15 is 0 Å². The summed E-state index contributed by atoms with van der Waals surface area (Å²) in [7, 11) is 0. The third-order valence-corrected chi connectivity index (χ3v) is 3.13. The van der Waals surface area contributed by atoms with Gasteiger partial charge in [0.2, 0.25) is 5.91 Å². The summed E-state index contributed by atoms with van der Waals surface area (Å²) in [5.41, 5.74) is 0.908. The summed E-state index contributed by atoms with van der Waals surface area (Å²) in [5, 5.41) is 9.89. The highest BCUT2D eigenvalue weighted by atomic mass is 16.5. The van der Waals surface area contributed by atoms with Gasteiger partial charge in [-0.15, -0.1) is 6.58 Å². The van der Waals surface area contributed by atoms with Crippen molar-refractivity contribution in [2.45, 2.75) is 26.0 Å². The molecule has 1 amide bonds. The van der Waals surface area contributed by atoms with Gasteiger partial charge in [-0.1, -0.05) is 36.4 Å². The lowest BCUT2D eigenvalue weighted by atomic mass is 10.1. The Hall–Kier alpha value is -2.47. The second-order valence-corrected chi connectivity index (χ2v) is 4.90. The van der Waals surface area contributed by atoms with E-state index in [1.54, 1.807) is 13.0 Å². The molecule has 1 aromatic carbocycles. The molecule has 0 spiro atoms. The Morgan fingerprint density at radius 3 is 2.77 bits per heavy atom. The first-order valence-electron chi connectivity index (χ1n) is 7.08. The van der Waals surface area contributed by atoms with E-state index < -0.39 is 12.1 Å². The number of aryl methyl sites for hydroxylation is 1. The van der Waals surface area contributed by atoms with Crippen molar-refractivity contribution >= 4 is 5.91 Å². The zero-order chi connectivity index (χ0) is 15.9. The van der Waals surface area contributed by atoms with Gasteiger partial charge in [-0.25, -0.2) is 4.98 Å². The highest BCUT2D eigenvalue weighted by Crippen LogP contribution is 2.19. The van der Waals surface area contributed by atoms with Gasteiger partial charge in [0.05, 0.1) is 6.61 Å². The molecular formula is C16H20N4O2. The summed E-state index contributed by atoms with van der Waals surface area (Å²) < 4.78 is 5.35. The number of ether oxygens (including phenoxy) is 1. The van der Waals surface area contributed by atoms with Crippen molar-refractivity contribution in [1.82, 2.24) is 20.5 Å². The van der Waals surface area contributed by atoms with Gasteiger partial charge in [0.25, 0.3) is 0 Å². The standard InChI is InChI=1S/C16H20N4O2/c1-4-10-22-11(2)16(21)18-14(13-8-6-5-7-9-13)15-17-12(3)19-20-15/h4-9,11,14H,1,10H2,2-3H3,(H,18,21)(H,17,19,20)/t11-,14-/m1/s1. The molecule has 0 aliphatic rings. The molecular weight excluding hydrogens is 280 g/mol. The predicted octanol–water partition coefficient (Wildman–Crippen LogP) is 1.91. The number of aromatic nitrogens is 3. The van der Waals surface area contributed by atoms with Gasteiger partial charge in [0.1, 0.15) is 18.0 Å². The minimum absolute atomic E-state index is 0.224. The minimum atomic E-state index is -0.579. The Morgan fingerprint density at radius 1 is 1.45 bits per heavy atom. The lowest BCUT2D eigenvalue weighted by molar-refractivity contribution is -0.131. The molecule has 6 nitrogen and oxygen atoms in total. The number of rotatable bonds is 7. The van der Waals surface area contributed by atoms with Crippen molar-refractivity contribution in [3.63, 3.8) is 0 Å². The number of hydrogen-bond acceptors (Lipinski definition) is 4. The van der Waals surface area contributed by atoms with Gasteiger partial charge in [0.15, 0.2) is 5.82 Å². The fraction of sp³-hybridized carbons (Fsp3) is 0.312. The Kier molecular flexibility index (Phi) is 5.43. The van der Waals surface area contributed by atoms with E-state index in [0.29, 0.717) is 18.3 Å². The van der Waals surface area contributed by atoms with Crippen LogP contribution in [0.2, 0.25) is 0 Å². The van der Waals surface area contributed by atoms with Crippen LogP contribution in [0.5, 0.6) is 0 Å². The van der Waals surface area contributed by atoms with Crippen molar-refractivity contribution in [2.24, 2.45) is 0 Å².